The first-order valence-electron chi connectivity index (χ1n) is 3.80. The molecule has 0 saturated carbocycles. The molecule has 1 aromatic carbocycles. The minimum absolute atomic E-state index is 0.186. The summed E-state index contributed by atoms with van der Waals surface area (Å²) in [5.74, 6) is -0.994. The lowest BCUT2D eigenvalue weighted by atomic mass is 10.1. The van der Waals surface area contributed by atoms with Crippen LogP contribution in [0.2, 0.25) is 0 Å². The summed E-state index contributed by atoms with van der Waals surface area (Å²) in [5.41, 5.74) is 1.47. The van der Waals surface area contributed by atoms with Crippen LogP contribution in [-0.4, -0.2) is 17.5 Å². The highest BCUT2D eigenvalue weighted by Gasteiger charge is 2.09. The van der Waals surface area contributed by atoms with Gasteiger partial charge in [-0.1, -0.05) is 0 Å². The second kappa shape index (κ2) is 4.23. The number of carboxylic acid groups (broad SMARTS) is 1. The number of aryl methyl sites for hydroxylation is 1. The Bertz CT molecular complexity index is 367. The molecule has 74 valence electrons. The van der Waals surface area contributed by atoms with Gasteiger partial charge in [0.2, 0.25) is 6.41 Å². The summed E-state index contributed by atoms with van der Waals surface area (Å²) in [6, 6.07) is 2.94. The van der Waals surface area contributed by atoms with Crippen LogP contribution in [0.15, 0.2) is 16.6 Å². The maximum absolute atomic E-state index is 10.7. The Morgan fingerprint density at radius 2 is 2.21 bits per heavy atom. The van der Waals surface area contributed by atoms with Crippen LogP contribution in [0.3, 0.4) is 0 Å². The molecule has 0 aliphatic heterocycles. The van der Waals surface area contributed by atoms with E-state index in [4.69, 9.17) is 5.11 Å². The molecule has 1 amide bonds. The standard InChI is InChI=1S/C9H8BrNO3/c1-5-2-6(9(13)14)3-7(10)8(5)11-4-12/h2-4H,1H3,(H,11,12)(H,13,14). The zero-order valence-electron chi connectivity index (χ0n) is 7.37. The van der Waals surface area contributed by atoms with Gasteiger partial charge in [0.1, 0.15) is 0 Å². The molecule has 0 spiro atoms. The van der Waals surface area contributed by atoms with Gasteiger partial charge in [-0.2, -0.15) is 0 Å². The molecule has 1 aromatic rings. The highest BCUT2D eigenvalue weighted by atomic mass is 79.9. The second-order valence-electron chi connectivity index (χ2n) is 2.72. The fraction of sp³-hybridized carbons (Fsp3) is 0.111. The van der Waals surface area contributed by atoms with E-state index < -0.39 is 5.97 Å². The van der Waals surface area contributed by atoms with Crippen LogP contribution in [0.4, 0.5) is 5.69 Å². The first kappa shape index (κ1) is 10.7. The molecular formula is C9H8BrNO3. The quantitative estimate of drug-likeness (QED) is 0.815. The molecule has 0 heterocycles. The molecule has 0 unspecified atom stereocenters. The van der Waals surface area contributed by atoms with Crippen molar-refractivity contribution < 1.29 is 14.7 Å². The summed E-state index contributed by atoms with van der Waals surface area (Å²) in [5, 5.41) is 11.2. The number of hydrogen-bond acceptors (Lipinski definition) is 2. The minimum Gasteiger partial charge on any atom is -0.478 e. The molecule has 0 aliphatic rings. The summed E-state index contributed by atoms with van der Waals surface area (Å²) in [4.78, 5) is 20.9. The van der Waals surface area contributed by atoms with Gasteiger partial charge in [0.25, 0.3) is 0 Å². The number of hydrogen-bond donors (Lipinski definition) is 2. The molecule has 0 bridgehead atoms. The third-order valence-electron chi connectivity index (χ3n) is 1.74. The van der Waals surface area contributed by atoms with Crippen molar-refractivity contribution in [3.8, 4) is 0 Å². The number of rotatable bonds is 3. The van der Waals surface area contributed by atoms with Crippen LogP contribution in [-0.2, 0) is 4.79 Å². The maximum atomic E-state index is 10.7. The zero-order valence-corrected chi connectivity index (χ0v) is 8.96. The SMILES string of the molecule is Cc1cc(C(=O)O)cc(Br)c1NC=O. The lowest BCUT2D eigenvalue weighted by molar-refractivity contribution is -0.105. The third kappa shape index (κ3) is 2.11. The zero-order chi connectivity index (χ0) is 10.7. The van der Waals surface area contributed by atoms with Crippen molar-refractivity contribution in [3.63, 3.8) is 0 Å². The number of amides is 1. The van der Waals surface area contributed by atoms with E-state index in [1.54, 1.807) is 6.92 Å². The molecule has 0 saturated heterocycles. The molecule has 0 atom stereocenters. The summed E-state index contributed by atoms with van der Waals surface area (Å²) in [7, 11) is 0. The van der Waals surface area contributed by atoms with E-state index in [0.717, 1.165) is 0 Å². The van der Waals surface area contributed by atoms with Crippen LogP contribution >= 0.6 is 15.9 Å². The highest BCUT2D eigenvalue weighted by Crippen LogP contribution is 2.27. The molecule has 14 heavy (non-hydrogen) atoms. The third-order valence-corrected chi connectivity index (χ3v) is 2.36. The molecule has 2 N–H and O–H groups in total. The number of halogens is 1. The molecule has 0 radical (unpaired) electrons. The topological polar surface area (TPSA) is 66.4 Å². The van der Waals surface area contributed by atoms with E-state index in [1.165, 1.54) is 12.1 Å². The normalized spacial score (nSPS) is 9.57. The predicted octanol–water partition coefficient (Wildman–Crippen LogP) is 2.02. The van der Waals surface area contributed by atoms with E-state index in [-0.39, 0.29) is 5.56 Å². The largest absolute Gasteiger partial charge is 0.478 e. The second-order valence-corrected chi connectivity index (χ2v) is 3.57. The van der Waals surface area contributed by atoms with Crippen LogP contribution in [0.5, 0.6) is 0 Å². The van der Waals surface area contributed by atoms with Gasteiger partial charge >= 0.3 is 5.97 Å². The summed E-state index contributed by atoms with van der Waals surface area (Å²) in [6.45, 7) is 1.73. The Balaban J connectivity index is 3.24. The van der Waals surface area contributed by atoms with Crippen molar-refractivity contribution in [3.05, 3.63) is 27.7 Å². The van der Waals surface area contributed by atoms with Crippen LogP contribution in [0.25, 0.3) is 0 Å². The Labute approximate surface area is 89.1 Å². The Morgan fingerprint density at radius 3 is 2.64 bits per heavy atom. The van der Waals surface area contributed by atoms with Crippen LogP contribution in [0, 0.1) is 6.92 Å². The van der Waals surface area contributed by atoms with E-state index in [0.29, 0.717) is 22.1 Å². The predicted molar refractivity (Wildman–Crippen MR) is 55.5 cm³/mol. The van der Waals surface area contributed by atoms with Crippen molar-refractivity contribution in [1.29, 1.82) is 0 Å². The monoisotopic (exact) mass is 257 g/mol. The van der Waals surface area contributed by atoms with Crippen LogP contribution < -0.4 is 5.32 Å². The van der Waals surface area contributed by atoms with Gasteiger partial charge in [0, 0.05) is 4.47 Å². The number of carbonyl (C=O) groups is 2. The maximum Gasteiger partial charge on any atom is 0.335 e. The van der Waals surface area contributed by atoms with Gasteiger partial charge in [-0.25, -0.2) is 4.79 Å². The van der Waals surface area contributed by atoms with Crippen LogP contribution in [0.1, 0.15) is 15.9 Å². The van der Waals surface area contributed by atoms with Gasteiger partial charge in [-0.05, 0) is 40.5 Å². The average molecular weight is 258 g/mol. The number of nitrogens with one attached hydrogen (secondary N) is 1. The van der Waals surface area contributed by atoms with Crippen molar-refractivity contribution in [2.75, 3.05) is 5.32 Å². The van der Waals surface area contributed by atoms with Gasteiger partial charge in [-0.15, -0.1) is 0 Å². The van der Waals surface area contributed by atoms with Crippen molar-refractivity contribution in [2.24, 2.45) is 0 Å². The summed E-state index contributed by atoms with van der Waals surface area (Å²) >= 11 is 3.18. The first-order valence-corrected chi connectivity index (χ1v) is 4.59. The van der Waals surface area contributed by atoms with E-state index >= 15 is 0 Å². The highest BCUT2D eigenvalue weighted by molar-refractivity contribution is 9.10. The number of anilines is 1. The van der Waals surface area contributed by atoms with E-state index in [9.17, 15) is 9.59 Å². The lowest BCUT2D eigenvalue weighted by Crippen LogP contribution is -2.02. The average Bonchev–Trinajstić information content (AvgIpc) is 2.10. The summed E-state index contributed by atoms with van der Waals surface area (Å²) < 4.78 is 0.557. The smallest absolute Gasteiger partial charge is 0.335 e. The molecule has 0 fully saturated rings. The van der Waals surface area contributed by atoms with Gasteiger partial charge in [-0.3, -0.25) is 4.79 Å². The lowest BCUT2D eigenvalue weighted by Gasteiger charge is -2.07. The van der Waals surface area contributed by atoms with Crippen molar-refractivity contribution in [2.45, 2.75) is 6.92 Å². The molecule has 1 rings (SSSR count). The van der Waals surface area contributed by atoms with E-state index in [2.05, 4.69) is 21.2 Å². The fourth-order valence-corrected chi connectivity index (χ4v) is 1.78. The molecule has 4 nitrogen and oxygen atoms in total. The minimum atomic E-state index is -0.994. The number of carbonyl (C=O) groups excluding carboxylic acids is 1. The Morgan fingerprint density at radius 1 is 1.57 bits per heavy atom. The molecular weight excluding hydrogens is 250 g/mol. The number of benzene rings is 1. The number of carboxylic acids is 1. The van der Waals surface area contributed by atoms with Crippen molar-refractivity contribution in [1.82, 2.24) is 0 Å². The molecule has 0 aromatic heterocycles. The first-order chi connectivity index (χ1) is 6.56. The van der Waals surface area contributed by atoms with E-state index in [1.807, 2.05) is 0 Å². The van der Waals surface area contributed by atoms with Gasteiger partial charge < -0.3 is 10.4 Å². The van der Waals surface area contributed by atoms with Gasteiger partial charge in [0.15, 0.2) is 0 Å². The molecule has 5 heteroatoms. The number of aromatic carboxylic acids is 1. The summed E-state index contributed by atoms with van der Waals surface area (Å²) in [6.07, 6.45) is 0.549. The van der Waals surface area contributed by atoms with Crippen molar-refractivity contribution >= 4 is 34.0 Å². The Kier molecular flexibility index (Phi) is 3.24. The fourth-order valence-electron chi connectivity index (χ4n) is 1.11. The van der Waals surface area contributed by atoms with Gasteiger partial charge in [0.05, 0.1) is 11.3 Å². The Hall–Kier alpha value is -1.36. The molecule has 0 aliphatic carbocycles.